The van der Waals surface area contributed by atoms with Crippen molar-refractivity contribution < 1.29 is 14.3 Å². The van der Waals surface area contributed by atoms with Crippen molar-refractivity contribution in [3.8, 4) is 10.6 Å². The topological polar surface area (TPSA) is 68.3 Å². The second kappa shape index (κ2) is 7.14. The number of nitrogens with one attached hydrogen (secondary N) is 1. The molecule has 0 radical (unpaired) electrons. The molecule has 1 aromatic heterocycles. The lowest BCUT2D eigenvalue weighted by molar-refractivity contribution is -0.125. The molecule has 0 saturated heterocycles. The zero-order valence-electron chi connectivity index (χ0n) is 15.3. The second-order valence-electron chi connectivity index (χ2n) is 6.78. The van der Waals surface area contributed by atoms with Crippen LogP contribution in [0.3, 0.4) is 0 Å². The van der Waals surface area contributed by atoms with Crippen LogP contribution in [-0.2, 0) is 16.0 Å². The van der Waals surface area contributed by atoms with Crippen molar-refractivity contribution in [1.29, 1.82) is 0 Å². The predicted molar refractivity (Wildman–Crippen MR) is 113 cm³/mol. The van der Waals surface area contributed by atoms with Crippen LogP contribution in [0.2, 0.25) is 0 Å². The number of nitrogens with zero attached hydrogens (tertiary/aromatic N) is 1. The zero-order chi connectivity index (χ0) is 19.8. The fourth-order valence-electron chi connectivity index (χ4n) is 3.46. The number of benzene rings is 3. The minimum absolute atomic E-state index is 0.346. The summed E-state index contributed by atoms with van der Waals surface area (Å²) in [6.07, 6.45) is -0.502. The fourth-order valence-corrected chi connectivity index (χ4v) is 4.46. The number of carbonyl (C=O) groups is 2. The molecule has 4 aromatic rings. The molecule has 5 nitrogen and oxygen atoms in total. The normalized spacial score (nSPS) is 15.6. The number of aromatic nitrogens is 1. The Bertz CT molecular complexity index is 1210. The second-order valence-corrected chi connectivity index (χ2v) is 7.81. The summed E-state index contributed by atoms with van der Waals surface area (Å²) in [7, 11) is 0. The molecule has 1 N–H and O–H groups in total. The molecule has 2 heterocycles. The van der Waals surface area contributed by atoms with Crippen molar-refractivity contribution in [2.75, 3.05) is 5.32 Å². The first-order chi connectivity index (χ1) is 14.2. The summed E-state index contributed by atoms with van der Waals surface area (Å²) in [5, 5.41) is 3.75. The molecule has 0 saturated carbocycles. The van der Waals surface area contributed by atoms with Crippen molar-refractivity contribution in [3.05, 3.63) is 83.9 Å². The Labute approximate surface area is 171 Å². The smallest absolute Gasteiger partial charge is 0.339 e. The van der Waals surface area contributed by atoms with Gasteiger partial charge in [0.1, 0.15) is 5.01 Å². The highest BCUT2D eigenvalue weighted by Crippen LogP contribution is 2.34. The molecule has 0 aliphatic carbocycles. The van der Waals surface area contributed by atoms with E-state index < -0.39 is 12.1 Å². The van der Waals surface area contributed by atoms with E-state index in [0.29, 0.717) is 17.7 Å². The molecule has 3 aromatic carbocycles. The average Bonchev–Trinajstić information content (AvgIpc) is 3.18. The number of rotatable bonds is 3. The highest BCUT2D eigenvalue weighted by atomic mass is 32.1. The molecule has 0 spiro atoms. The Balaban J connectivity index is 1.43. The number of ether oxygens (including phenoxy) is 1. The van der Waals surface area contributed by atoms with Gasteiger partial charge in [0.2, 0.25) is 0 Å². The van der Waals surface area contributed by atoms with Gasteiger partial charge in [-0.1, -0.05) is 42.5 Å². The lowest BCUT2D eigenvalue weighted by Gasteiger charge is -2.24. The third kappa shape index (κ3) is 3.28. The average molecular weight is 400 g/mol. The Hall–Kier alpha value is -3.51. The van der Waals surface area contributed by atoms with E-state index in [1.54, 1.807) is 23.5 Å². The molecule has 0 bridgehead atoms. The van der Waals surface area contributed by atoms with E-state index in [4.69, 9.17) is 4.74 Å². The highest BCUT2D eigenvalue weighted by molar-refractivity contribution is 7.21. The third-order valence-electron chi connectivity index (χ3n) is 4.89. The zero-order valence-corrected chi connectivity index (χ0v) is 16.1. The number of esters is 1. The molecule has 5 rings (SSSR count). The molecule has 1 aliphatic heterocycles. The number of fused-ring (bicyclic) bond motifs is 2. The molecule has 0 unspecified atom stereocenters. The predicted octanol–water partition coefficient (Wildman–Crippen LogP) is 4.68. The Kier molecular flexibility index (Phi) is 4.33. The van der Waals surface area contributed by atoms with E-state index in [2.05, 4.69) is 10.3 Å². The third-order valence-corrected chi connectivity index (χ3v) is 5.96. The van der Waals surface area contributed by atoms with Gasteiger partial charge in [0.15, 0.2) is 6.10 Å². The number of hydrogen-bond donors (Lipinski definition) is 1. The highest BCUT2D eigenvalue weighted by Gasteiger charge is 2.31. The molecule has 1 aliphatic rings. The largest absolute Gasteiger partial charge is 0.448 e. The molecule has 1 amide bonds. The number of carbonyl (C=O) groups excluding carboxylic acids is 2. The molecule has 142 valence electrons. The number of amides is 1. The fraction of sp³-hybridized carbons (Fsp3) is 0.0870. The lowest BCUT2D eigenvalue weighted by Crippen LogP contribution is -2.38. The number of thiazole rings is 1. The Morgan fingerprint density at radius 1 is 0.966 bits per heavy atom. The summed E-state index contributed by atoms with van der Waals surface area (Å²) in [6.45, 7) is 0. The number of anilines is 1. The Morgan fingerprint density at radius 2 is 1.69 bits per heavy atom. The monoisotopic (exact) mass is 400 g/mol. The van der Waals surface area contributed by atoms with E-state index >= 15 is 0 Å². The summed E-state index contributed by atoms with van der Waals surface area (Å²) in [6, 6.07) is 22.7. The van der Waals surface area contributed by atoms with Gasteiger partial charge in [-0.15, -0.1) is 11.3 Å². The van der Waals surface area contributed by atoms with Gasteiger partial charge in [0.05, 0.1) is 21.5 Å². The molecule has 6 heteroatoms. The summed E-state index contributed by atoms with van der Waals surface area (Å²) in [5.41, 5.74) is 3.75. The van der Waals surface area contributed by atoms with Gasteiger partial charge in [0.25, 0.3) is 5.91 Å². The Morgan fingerprint density at radius 3 is 2.55 bits per heavy atom. The van der Waals surface area contributed by atoms with Crippen molar-refractivity contribution in [3.63, 3.8) is 0 Å². The summed E-state index contributed by atoms with van der Waals surface area (Å²) in [5.74, 6) is -0.812. The minimum Gasteiger partial charge on any atom is -0.448 e. The van der Waals surface area contributed by atoms with Gasteiger partial charge in [0, 0.05) is 12.0 Å². The van der Waals surface area contributed by atoms with E-state index in [0.717, 1.165) is 26.4 Å². The van der Waals surface area contributed by atoms with E-state index in [-0.39, 0.29) is 5.91 Å². The van der Waals surface area contributed by atoms with Crippen LogP contribution in [0.15, 0.2) is 72.8 Å². The van der Waals surface area contributed by atoms with E-state index in [1.165, 1.54) is 0 Å². The van der Waals surface area contributed by atoms with Gasteiger partial charge in [-0.3, -0.25) is 4.79 Å². The molecular formula is C23H16N2O3S. The van der Waals surface area contributed by atoms with Crippen LogP contribution in [0.5, 0.6) is 0 Å². The van der Waals surface area contributed by atoms with Crippen LogP contribution >= 0.6 is 11.3 Å². The lowest BCUT2D eigenvalue weighted by atomic mass is 9.98. The number of para-hydroxylation sites is 2. The van der Waals surface area contributed by atoms with Crippen molar-refractivity contribution >= 4 is 39.1 Å². The van der Waals surface area contributed by atoms with Crippen LogP contribution < -0.4 is 5.32 Å². The molecule has 29 heavy (non-hydrogen) atoms. The summed E-state index contributed by atoms with van der Waals surface area (Å²) < 4.78 is 6.46. The number of cyclic esters (lactones) is 1. The first-order valence-corrected chi connectivity index (χ1v) is 10.1. The quantitative estimate of drug-likeness (QED) is 0.507. The standard InChI is InChI=1S/C23H16N2O3S/c26-21(19-13-14-7-1-2-8-15(14)23(27)28-19)24-17-10-4-3-9-16(17)22-25-18-11-5-6-12-20(18)29-22/h1-12,19H,13H2,(H,24,26)/t19-/m1/s1. The van der Waals surface area contributed by atoms with Crippen LogP contribution in [0.25, 0.3) is 20.8 Å². The maximum atomic E-state index is 12.9. The van der Waals surface area contributed by atoms with Gasteiger partial charge in [-0.25, -0.2) is 9.78 Å². The summed E-state index contributed by atoms with van der Waals surface area (Å²) in [4.78, 5) is 29.8. The van der Waals surface area contributed by atoms with Crippen LogP contribution in [0.1, 0.15) is 15.9 Å². The first-order valence-electron chi connectivity index (χ1n) is 9.24. The minimum atomic E-state index is -0.860. The number of hydrogen-bond acceptors (Lipinski definition) is 5. The van der Waals surface area contributed by atoms with Crippen molar-refractivity contribution in [2.45, 2.75) is 12.5 Å². The summed E-state index contributed by atoms with van der Waals surface area (Å²) >= 11 is 1.57. The van der Waals surface area contributed by atoms with Crippen LogP contribution in [-0.4, -0.2) is 23.0 Å². The SMILES string of the molecule is O=C1O[C@@H](C(=O)Nc2ccccc2-c2nc3ccccc3s2)Cc2ccccc21. The molecule has 0 fully saturated rings. The van der Waals surface area contributed by atoms with E-state index in [1.807, 2.05) is 60.7 Å². The van der Waals surface area contributed by atoms with Crippen LogP contribution in [0.4, 0.5) is 5.69 Å². The van der Waals surface area contributed by atoms with E-state index in [9.17, 15) is 9.59 Å². The molecule has 1 atom stereocenters. The van der Waals surface area contributed by atoms with Gasteiger partial charge >= 0.3 is 5.97 Å². The van der Waals surface area contributed by atoms with Gasteiger partial charge in [-0.2, -0.15) is 0 Å². The van der Waals surface area contributed by atoms with Crippen molar-refractivity contribution in [1.82, 2.24) is 4.98 Å². The maximum Gasteiger partial charge on any atom is 0.339 e. The van der Waals surface area contributed by atoms with Crippen LogP contribution in [0, 0.1) is 0 Å². The van der Waals surface area contributed by atoms with Gasteiger partial charge in [-0.05, 0) is 35.9 Å². The van der Waals surface area contributed by atoms with Crippen molar-refractivity contribution in [2.24, 2.45) is 0 Å². The molecular weight excluding hydrogens is 384 g/mol. The van der Waals surface area contributed by atoms with Gasteiger partial charge < -0.3 is 10.1 Å². The first kappa shape index (κ1) is 17.6. The maximum absolute atomic E-state index is 12.9.